The van der Waals surface area contributed by atoms with Gasteiger partial charge in [-0.2, -0.15) is 0 Å². The molecule has 3 aromatic rings. The van der Waals surface area contributed by atoms with Gasteiger partial charge in [0.25, 0.3) is 20.0 Å². The lowest BCUT2D eigenvalue weighted by Gasteiger charge is -2.08. The third kappa shape index (κ3) is 3.86. The molecule has 0 aliphatic rings. The van der Waals surface area contributed by atoms with E-state index >= 15 is 0 Å². The second-order valence-corrected chi connectivity index (χ2v) is 9.25. The molecule has 1 aromatic heterocycles. The fourth-order valence-electron chi connectivity index (χ4n) is 2.28. The second-order valence-electron chi connectivity index (χ2n) is 5.72. The van der Waals surface area contributed by atoms with E-state index in [0.717, 1.165) is 40.1 Å². The number of hydrogen-bond donors (Lipinski definition) is 1. The molecule has 0 aliphatic heterocycles. The van der Waals surface area contributed by atoms with Crippen LogP contribution in [0.3, 0.4) is 0 Å². The summed E-state index contributed by atoms with van der Waals surface area (Å²) in [5, 5.41) is 0. The Morgan fingerprint density at radius 3 is 2.22 bits per heavy atom. The van der Waals surface area contributed by atoms with E-state index in [2.05, 4.69) is 0 Å². The summed E-state index contributed by atoms with van der Waals surface area (Å²) >= 11 is 0. The Morgan fingerprint density at radius 1 is 0.889 bits per heavy atom. The topological polar surface area (TPSA) is 85.2 Å². The number of nitrogens with zero attached hydrogens (tertiary/aromatic N) is 1. The Kier molecular flexibility index (Phi) is 4.79. The minimum absolute atomic E-state index is 0.0169. The third-order valence-electron chi connectivity index (χ3n) is 3.72. The van der Waals surface area contributed by atoms with E-state index in [0.29, 0.717) is 6.07 Å². The molecule has 2 aromatic carbocycles. The Hall–Kier alpha value is -2.72. The lowest BCUT2D eigenvalue weighted by molar-refractivity contribution is 0.587. The molecular formula is C17H14F2N2O4S2. The minimum atomic E-state index is -4.32. The van der Waals surface area contributed by atoms with Crippen molar-refractivity contribution in [2.75, 3.05) is 4.72 Å². The highest BCUT2D eigenvalue weighted by Gasteiger charge is 2.22. The first-order valence-electron chi connectivity index (χ1n) is 7.58. The lowest BCUT2D eigenvalue weighted by atomic mass is 10.2. The summed E-state index contributed by atoms with van der Waals surface area (Å²) in [5.41, 5.74) is 0.287. The van der Waals surface area contributed by atoms with Gasteiger partial charge in [0.2, 0.25) is 0 Å². The van der Waals surface area contributed by atoms with Crippen LogP contribution in [0.25, 0.3) is 0 Å². The Bertz CT molecular complexity index is 1200. The number of hydrogen-bond acceptors (Lipinski definition) is 4. The zero-order chi connectivity index (χ0) is 19.8. The van der Waals surface area contributed by atoms with Crippen molar-refractivity contribution in [3.05, 3.63) is 78.1 Å². The van der Waals surface area contributed by atoms with Crippen LogP contribution in [0.1, 0.15) is 5.56 Å². The van der Waals surface area contributed by atoms with Crippen molar-refractivity contribution in [3.63, 3.8) is 0 Å². The van der Waals surface area contributed by atoms with Gasteiger partial charge >= 0.3 is 0 Å². The molecule has 142 valence electrons. The average molecular weight is 412 g/mol. The van der Waals surface area contributed by atoms with Crippen LogP contribution in [0.2, 0.25) is 0 Å². The molecule has 0 radical (unpaired) electrons. The number of anilines is 1. The highest BCUT2D eigenvalue weighted by atomic mass is 32.2. The maximum absolute atomic E-state index is 13.7. The average Bonchev–Trinajstić information content (AvgIpc) is 3.10. The molecule has 6 nitrogen and oxygen atoms in total. The molecule has 27 heavy (non-hydrogen) atoms. The molecule has 1 heterocycles. The molecule has 1 N–H and O–H groups in total. The van der Waals surface area contributed by atoms with Crippen molar-refractivity contribution in [2.24, 2.45) is 0 Å². The number of nitrogens with one attached hydrogen (secondary N) is 1. The van der Waals surface area contributed by atoms with E-state index in [4.69, 9.17) is 0 Å². The zero-order valence-electron chi connectivity index (χ0n) is 13.9. The lowest BCUT2D eigenvalue weighted by Crippen LogP contribution is -2.15. The van der Waals surface area contributed by atoms with Gasteiger partial charge in [-0.25, -0.2) is 29.6 Å². The number of aryl methyl sites for hydroxylation is 1. The maximum Gasteiger partial charge on any atom is 0.267 e. The van der Waals surface area contributed by atoms with Gasteiger partial charge in [0.15, 0.2) is 0 Å². The normalized spacial score (nSPS) is 12.1. The van der Waals surface area contributed by atoms with Crippen LogP contribution in [0, 0.1) is 18.6 Å². The predicted octanol–water partition coefficient (Wildman–Crippen LogP) is 3.11. The van der Waals surface area contributed by atoms with E-state index < -0.39 is 42.3 Å². The number of rotatable bonds is 5. The monoisotopic (exact) mass is 412 g/mol. The van der Waals surface area contributed by atoms with E-state index in [9.17, 15) is 25.6 Å². The molecule has 0 bridgehead atoms. The highest BCUT2D eigenvalue weighted by Crippen LogP contribution is 2.22. The summed E-state index contributed by atoms with van der Waals surface area (Å²) in [7, 11) is -8.32. The quantitative estimate of drug-likeness (QED) is 0.698. The van der Waals surface area contributed by atoms with Crippen molar-refractivity contribution in [1.29, 1.82) is 0 Å². The summed E-state index contributed by atoms with van der Waals surface area (Å²) in [6, 6.07) is 9.39. The van der Waals surface area contributed by atoms with Crippen molar-refractivity contribution in [3.8, 4) is 0 Å². The third-order valence-corrected chi connectivity index (χ3v) is 6.72. The van der Waals surface area contributed by atoms with Crippen LogP contribution in [0.5, 0.6) is 0 Å². The van der Waals surface area contributed by atoms with Gasteiger partial charge in [-0.05, 0) is 37.3 Å². The van der Waals surface area contributed by atoms with Crippen LogP contribution in [0.15, 0.2) is 70.7 Å². The molecule has 10 heteroatoms. The zero-order valence-corrected chi connectivity index (χ0v) is 15.6. The summed E-state index contributed by atoms with van der Waals surface area (Å²) in [5.74, 6) is -1.79. The predicted molar refractivity (Wildman–Crippen MR) is 95.4 cm³/mol. The Balaban J connectivity index is 1.94. The van der Waals surface area contributed by atoms with Gasteiger partial charge in [0, 0.05) is 18.5 Å². The number of aromatic nitrogens is 1. The van der Waals surface area contributed by atoms with Crippen LogP contribution >= 0.6 is 0 Å². The van der Waals surface area contributed by atoms with Gasteiger partial charge < -0.3 is 0 Å². The minimum Gasteiger partial charge on any atom is -0.276 e. The largest absolute Gasteiger partial charge is 0.276 e. The molecule has 0 unspecified atom stereocenters. The maximum atomic E-state index is 13.7. The van der Waals surface area contributed by atoms with Gasteiger partial charge in [-0.1, -0.05) is 17.7 Å². The SMILES string of the molecule is Cc1ccc(S(=O)(=O)n2ccc(S(=O)(=O)Nc3cc(F)ccc3F)c2)cc1. The van der Waals surface area contributed by atoms with E-state index in [1.165, 1.54) is 12.1 Å². The summed E-state index contributed by atoms with van der Waals surface area (Å²) in [6.45, 7) is 1.80. The van der Waals surface area contributed by atoms with Gasteiger partial charge in [-0.15, -0.1) is 0 Å². The molecule has 0 spiro atoms. The van der Waals surface area contributed by atoms with Crippen molar-refractivity contribution < 1.29 is 25.6 Å². The molecule has 0 saturated carbocycles. The van der Waals surface area contributed by atoms with Crippen molar-refractivity contribution >= 4 is 25.7 Å². The summed E-state index contributed by atoms with van der Waals surface area (Å²) in [6.07, 6.45) is 1.94. The number of benzene rings is 2. The highest BCUT2D eigenvalue weighted by molar-refractivity contribution is 7.93. The molecule has 0 fully saturated rings. The Labute approximate surface area is 155 Å². The fraction of sp³-hybridized carbons (Fsp3) is 0.0588. The Morgan fingerprint density at radius 2 is 1.56 bits per heavy atom. The van der Waals surface area contributed by atoms with E-state index in [1.807, 2.05) is 4.72 Å². The van der Waals surface area contributed by atoms with Crippen LogP contribution in [0.4, 0.5) is 14.5 Å². The molecule has 0 saturated heterocycles. The van der Waals surface area contributed by atoms with Crippen LogP contribution in [-0.4, -0.2) is 20.8 Å². The van der Waals surface area contributed by atoms with E-state index in [1.54, 1.807) is 19.1 Å². The van der Waals surface area contributed by atoms with Gasteiger partial charge in [0.1, 0.15) is 16.5 Å². The first-order valence-corrected chi connectivity index (χ1v) is 10.5. The first-order chi connectivity index (χ1) is 12.6. The summed E-state index contributed by atoms with van der Waals surface area (Å²) in [4.78, 5) is -0.432. The van der Waals surface area contributed by atoms with Crippen molar-refractivity contribution in [1.82, 2.24) is 3.97 Å². The molecule has 0 amide bonds. The molecule has 0 aliphatic carbocycles. The summed E-state index contributed by atoms with van der Waals surface area (Å²) < 4.78 is 79.5. The second kappa shape index (κ2) is 6.78. The van der Waals surface area contributed by atoms with Crippen molar-refractivity contribution in [2.45, 2.75) is 16.7 Å². The number of halogens is 2. The smallest absolute Gasteiger partial charge is 0.267 e. The van der Waals surface area contributed by atoms with Crippen LogP contribution in [-0.2, 0) is 20.0 Å². The van der Waals surface area contributed by atoms with Crippen LogP contribution < -0.4 is 4.72 Å². The standard InChI is InChI=1S/C17H14F2N2O4S2/c1-12-2-5-14(6-3-12)27(24,25)21-9-8-15(11-21)26(22,23)20-17-10-13(18)4-7-16(17)19/h2-11,20H,1H3. The van der Waals surface area contributed by atoms with Gasteiger partial charge in [-0.3, -0.25) is 4.72 Å². The molecule has 3 rings (SSSR count). The first kappa shape index (κ1) is 19.1. The fourth-order valence-corrected chi connectivity index (χ4v) is 4.60. The van der Waals surface area contributed by atoms with Gasteiger partial charge in [0.05, 0.1) is 10.6 Å². The molecular weight excluding hydrogens is 398 g/mol. The molecule has 0 atom stereocenters. The van der Waals surface area contributed by atoms with E-state index in [-0.39, 0.29) is 4.90 Å². The number of sulfonamides is 1.